The number of hydrogen-bond acceptors (Lipinski definition) is 5. The molecule has 2 aromatic rings. The molecule has 11 heteroatoms. The minimum absolute atomic E-state index is 0.152. The lowest BCUT2D eigenvalue weighted by molar-refractivity contribution is 0.0696. The maximum absolute atomic E-state index is 14.2. The first-order valence-electron chi connectivity index (χ1n) is 8.47. The molecule has 7 nitrogen and oxygen atoms in total. The van der Waals surface area contributed by atoms with Gasteiger partial charge in [-0.3, -0.25) is 4.72 Å². The Morgan fingerprint density at radius 1 is 1.24 bits per heavy atom. The molecule has 2 atom stereocenters. The highest BCUT2D eigenvalue weighted by molar-refractivity contribution is 7.92. The van der Waals surface area contributed by atoms with Crippen LogP contribution >= 0.6 is 11.6 Å². The van der Waals surface area contributed by atoms with Crippen molar-refractivity contribution < 1.29 is 32.2 Å². The summed E-state index contributed by atoms with van der Waals surface area (Å²) in [6, 6.07) is 3.23. The van der Waals surface area contributed by atoms with Crippen molar-refractivity contribution in [2.45, 2.75) is 17.2 Å². The number of carbonyl (C=O) groups is 1. The third-order valence-corrected chi connectivity index (χ3v) is 6.35. The summed E-state index contributed by atoms with van der Waals surface area (Å²) in [7, 11) is -2.88. The lowest BCUT2D eigenvalue weighted by Gasteiger charge is -2.13. The first kappa shape index (κ1) is 21.3. The Balaban J connectivity index is 1.99. The number of hydrogen-bond donors (Lipinski definition) is 4. The minimum Gasteiger partial charge on any atom is -0.505 e. The van der Waals surface area contributed by atoms with E-state index in [0.717, 1.165) is 12.1 Å². The number of halogens is 3. The maximum Gasteiger partial charge on any atom is 0.335 e. The SMILES string of the molecule is CNCC1CC1c1cc(NS(=O)(=O)c2cc(C(=O)O)cc(Cl)c2O)c(F)cc1F. The van der Waals surface area contributed by atoms with Gasteiger partial charge in [0.25, 0.3) is 10.0 Å². The molecule has 0 aromatic heterocycles. The zero-order chi connectivity index (χ0) is 21.5. The van der Waals surface area contributed by atoms with E-state index in [1.165, 1.54) is 0 Å². The number of aromatic carboxylic acids is 1. The molecule has 29 heavy (non-hydrogen) atoms. The van der Waals surface area contributed by atoms with Crippen molar-refractivity contribution >= 4 is 33.3 Å². The summed E-state index contributed by atoms with van der Waals surface area (Å²) in [6.45, 7) is 0.636. The van der Waals surface area contributed by atoms with Crippen molar-refractivity contribution in [1.82, 2.24) is 5.32 Å². The second-order valence-corrected chi connectivity index (χ2v) is 8.79. The van der Waals surface area contributed by atoms with Crippen LogP contribution in [0.15, 0.2) is 29.2 Å². The van der Waals surface area contributed by atoms with Gasteiger partial charge in [0, 0.05) is 6.07 Å². The van der Waals surface area contributed by atoms with Crippen LogP contribution < -0.4 is 10.0 Å². The highest BCUT2D eigenvalue weighted by atomic mass is 35.5. The number of rotatable bonds is 7. The summed E-state index contributed by atoms with van der Waals surface area (Å²) in [5.74, 6) is -4.32. The lowest BCUT2D eigenvalue weighted by atomic mass is 10.1. The number of aromatic hydroxyl groups is 1. The van der Waals surface area contributed by atoms with Crippen molar-refractivity contribution in [3.63, 3.8) is 0 Å². The molecule has 0 amide bonds. The molecule has 1 saturated carbocycles. The predicted molar refractivity (Wildman–Crippen MR) is 102 cm³/mol. The Hall–Kier alpha value is -2.43. The second-order valence-electron chi connectivity index (χ2n) is 6.73. The van der Waals surface area contributed by atoms with Gasteiger partial charge >= 0.3 is 5.97 Å². The Bertz CT molecular complexity index is 1090. The minimum atomic E-state index is -4.63. The van der Waals surface area contributed by atoms with E-state index in [9.17, 15) is 27.1 Å². The summed E-state index contributed by atoms with van der Waals surface area (Å²) in [5, 5.41) is 21.5. The van der Waals surface area contributed by atoms with Crippen LogP contribution in [0, 0.1) is 17.6 Å². The number of phenolic OH excluding ortho intramolecular Hbond substituents is 1. The van der Waals surface area contributed by atoms with E-state index in [2.05, 4.69) is 5.32 Å². The van der Waals surface area contributed by atoms with Crippen LogP contribution in [0.2, 0.25) is 5.02 Å². The number of carboxylic acid groups (broad SMARTS) is 1. The monoisotopic (exact) mass is 446 g/mol. The molecule has 2 aromatic carbocycles. The van der Waals surface area contributed by atoms with Gasteiger partial charge in [-0.2, -0.15) is 0 Å². The van der Waals surface area contributed by atoms with Gasteiger partial charge in [-0.25, -0.2) is 22.0 Å². The summed E-state index contributed by atoms with van der Waals surface area (Å²) in [6.07, 6.45) is 0.673. The van der Waals surface area contributed by atoms with Crippen molar-refractivity contribution in [1.29, 1.82) is 0 Å². The smallest absolute Gasteiger partial charge is 0.335 e. The van der Waals surface area contributed by atoms with Gasteiger partial charge in [-0.15, -0.1) is 0 Å². The first-order valence-corrected chi connectivity index (χ1v) is 10.3. The van der Waals surface area contributed by atoms with Gasteiger partial charge in [0.05, 0.1) is 16.3 Å². The van der Waals surface area contributed by atoms with Crippen LogP contribution in [0.25, 0.3) is 0 Å². The molecule has 3 rings (SSSR count). The molecule has 4 N–H and O–H groups in total. The van der Waals surface area contributed by atoms with Gasteiger partial charge in [-0.1, -0.05) is 11.6 Å². The molecule has 0 bridgehead atoms. The number of sulfonamides is 1. The van der Waals surface area contributed by atoms with Crippen molar-refractivity contribution in [2.24, 2.45) is 5.92 Å². The zero-order valence-corrected chi connectivity index (χ0v) is 16.6. The van der Waals surface area contributed by atoms with Gasteiger partial charge < -0.3 is 15.5 Å². The van der Waals surface area contributed by atoms with E-state index in [4.69, 9.17) is 16.7 Å². The number of carboxylic acids is 1. The fourth-order valence-corrected chi connectivity index (χ4v) is 4.62. The van der Waals surface area contributed by atoms with Gasteiger partial charge in [0.15, 0.2) is 5.75 Å². The molecule has 0 aliphatic heterocycles. The Labute approximate surface area is 170 Å². The normalized spacial score (nSPS) is 18.5. The summed E-state index contributed by atoms with van der Waals surface area (Å²) in [4.78, 5) is 10.3. The average molecular weight is 447 g/mol. The Kier molecular flexibility index (Phi) is 5.70. The Morgan fingerprint density at radius 3 is 2.55 bits per heavy atom. The summed E-state index contributed by atoms with van der Waals surface area (Å²) < 4.78 is 55.7. The topological polar surface area (TPSA) is 116 Å². The van der Waals surface area contributed by atoms with E-state index in [0.29, 0.717) is 25.1 Å². The molecule has 1 aliphatic carbocycles. The zero-order valence-electron chi connectivity index (χ0n) is 15.0. The quantitative estimate of drug-likeness (QED) is 0.519. The fourth-order valence-electron chi connectivity index (χ4n) is 3.15. The van der Waals surface area contributed by atoms with E-state index >= 15 is 0 Å². The molecule has 1 aliphatic rings. The van der Waals surface area contributed by atoms with E-state index in [1.807, 2.05) is 4.72 Å². The van der Waals surface area contributed by atoms with E-state index in [-0.39, 0.29) is 17.4 Å². The summed E-state index contributed by atoms with van der Waals surface area (Å²) in [5.41, 5.74) is -0.833. The van der Waals surface area contributed by atoms with Crippen LogP contribution in [0.5, 0.6) is 5.75 Å². The van der Waals surface area contributed by atoms with Crippen molar-refractivity contribution in [3.8, 4) is 5.75 Å². The first-order chi connectivity index (χ1) is 13.5. The van der Waals surface area contributed by atoms with Crippen LogP contribution in [0.4, 0.5) is 14.5 Å². The highest BCUT2D eigenvalue weighted by Crippen LogP contribution is 2.48. The van der Waals surface area contributed by atoms with E-state index < -0.39 is 54.5 Å². The molecule has 0 heterocycles. The van der Waals surface area contributed by atoms with Crippen molar-refractivity contribution in [2.75, 3.05) is 18.3 Å². The molecule has 1 fully saturated rings. The van der Waals surface area contributed by atoms with E-state index in [1.54, 1.807) is 7.05 Å². The third-order valence-electron chi connectivity index (χ3n) is 4.68. The largest absolute Gasteiger partial charge is 0.505 e. The lowest BCUT2D eigenvalue weighted by Crippen LogP contribution is -2.16. The number of phenols is 1. The maximum atomic E-state index is 14.2. The van der Waals surface area contributed by atoms with Crippen LogP contribution in [0.3, 0.4) is 0 Å². The molecule has 0 radical (unpaired) electrons. The van der Waals surface area contributed by atoms with Gasteiger partial charge in [0.2, 0.25) is 0 Å². The average Bonchev–Trinajstić information content (AvgIpc) is 3.38. The standard InChI is InChI=1S/C18H17ClF2N2O5S/c1-22-7-9-2-10(9)11-5-15(14(21)6-13(11)20)23-29(27,28)16-4-8(18(25)26)3-12(19)17(16)24/h3-6,9-10,22-24H,2,7H2,1H3,(H,25,26). The molecule has 2 unspecified atom stereocenters. The highest BCUT2D eigenvalue weighted by Gasteiger charge is 2.40. The van der Waals surface area contributed by atoms with Gasteiger partial charge in [-0.05, 0) is 55.6 Å². The molecular weight excluding hydrogens is 430 g/mol. The third kappa shape index (κ3) is 4.29. The summed E-state index contributed by atoms with van der Waals surface area (Å²) >= 11 is 5.71. The van der Waals surface area contributed by atoms with Gasteiger partial charge in [0.1, 0.15) is 16.5 Å². The second kappa shape index (κ2) is 7.77. The van der Waals surface area contributed by atoms with Crippen LogP contribution in [-0.4, -0.2) is 38.2 Å². The molecule has 156 valence electrons. The van der Waals surface area contributed by atoms with Crippen LogP contribution in [-0.2, 0) is 10.0 Å². The van der Waals surface area contributed by atoms with Crippen LogP contribution in [0.1, 0.15) is 28.3 Å². The number of nitrogens with one attached hydrogen (secondary N) is 2. The Morgan fingerprint density at radius 2 is 1.93 bits per heavy atom. The molecular formula is C18H17ClF2N2O5S. The number of anilines is 1. The van der Waals surface area contributed by atoms with Crippen molar-refractivity contribution in [3.05, 3.63) is 52.0 Å². The predicted octanol–water partition coefficient (Wildman–Crippen LogP) is 3.15. The fraction of sp³-hybridized carbons (Fsp3) is 0.278. The molecule has 0 spiro atoms. The molecule has 0 saturated heterocycles. The number of benzene rings is 2.